The minimum atomic E-state index is -0.231. The maximum Gasteiger partial charge on any atom is 0.267 e. The van der Waals surface area contributed by atoms with Gasteiger partial charge in [-0.25, -0.2) is 14.0 Å². The van der Waals surface area contributed by atoms with Crippen LogP contribution in [0.25, 0.3) is 38.8 Å². The molecule has 0 aliphatic rings. The lowest BCUT2D eigenvalue weighted by Crippen LogP contribution is -2.18. The number of nitrogens with zero attached hydrogens (tertiary/aromatic N) is 3. The van der Waals surface area contributed by atoms with E-state index < -0.39 is 0 Å². The van der Waals surface area contributed by atoms with Crippen LogP contribution in [0.2, 0.25) is 0 Å². The lowest BCUT2D eigenvalue weighted by molar-refractivity contribution is 0.0968. The summed E-state index contributed by atoms with van der Waals surface area (Å²) in [4.78, 5) is 31.6. The lowest BCUT2D eigenvalue weighted by atomic mass is 10.0. The van der Waals surface area contributed by atoms with Gasteiger partial charge in [0.25, 0.3) is 11.5 Å². The first-order valence-electron chi connectivity index (χ1n) is 10.3. The third kappa shape index (κ3) is 2.68. The third-order valence-corrected chi connectivity index (χ3v) is 5.76. The highest BCUT2D eigenvalue weighted by atomic mass is 16.2. The van der Waals surface area contributed by atoms with E-state index in [-0.39, 0.29) is 11.5 Å². The van der Waals surface area contributed by atoms with Gasteiger partial charge in [0.2, 0.25) is 5.78 Å². The Bertz CT molecular complexity index is 1700. The van der Waals surface area contributed by atoms with E-state index in [1.54, 1.807) is 12.1 Å². The first-order valence-corrected chi connectivity index (χ1v) is 10.3. The van der Waals surface area contributed by atoms with Crippen molar-refractivity contribution in [1.82, 2.24) is 14.0 Å². The van der Waals surface area contributed by atoms with E-state index in [0.717, 1.165) is 11.1 Å². The lowest BCUT2D eigenvalue weighted by Gasteiger charge is -2.07. The van der Waals surface area contributed by atoms with Gasteiger partial charge in [-0.2, -0.15) is 0 Å². The molecule has 5 heteroatoms. The van der Waals surface area contributed by atoms with Crippen molar-refractivity contribution < 1.29 is 4.79 Å². The average Bonchev–Trinajstić information content (AvgIpc) is 3.19. The summed E-state index contributed by atoms with van der Waals surface area (Å²) >= 11 is 0. The molecule has 2 aromatic heterocycles. The minimum Gasteiger partial charge on any atom is -0.268 e. The van der Waals surface area contributed by atoms with Gasteiger partial charge in [-0.05, 0) is 47.5 Å². The van der Waals surface area contributed by atoms with Crippen molar-refractivity contribution in [3.8, 4) is 11.1 Å². The van der Waals surface area contributed by atoms with Gasteiger partial charge in [0.1, 0.15) is 0 Å². The summed E-state index contributed by atoms with van der Waals surface area (Å²) in [6, 6.07) is 32.1. The molecule has 0 spiro atoms. The van der Waals surface area contributed by atoms with Crippen LogP contribution in [0, 0.1) is 0 Å². The number of aromatic nitrogens is 3. The largest absolute Gasteiger partial charge is 0.268 e. The van der Waals surface area contributed by atoms with Crippen molar-refractivity contribution in [3.05, 3.63) is 119 Å². The molecule has 2 heterocycles. The molecular weight excluding hydrogens is 398 g/mol. The van der Waals surface area contributed by atoms with Crippen LogP contribution < -0.4 is 5.56 Å². The topological polar surface area (TPSA) is 56.4 Å². The van der Waals surface area contributed by atoms with Crippen LogP contribution in [0.3, 0.4) is 0 Å². The molecule has 0 bridgehead atoms. The van der Waals surface area contributed by atoms with Gasteiger partial charge in [0.05, 0.1) is 21.9 Å². The number of benzene rings is 4. The summed E-state index contributed by atoms with van der Waals surface area (Å²) in [7, 11) is 0. The van der Waals surface area contributed by atoms with Crippen molar-refractivity contribution in [2.75, 3.05) is 0 Å². The Kier molecular flexibility index (Phi) is 4.01. The number of hydrogen-bond acceptors (Lipinski definition) is 3. The second-order valence-electron chi connectivity index (χ2n) is 7.64. The normalized spacial score (nSPS) is 11.4. The summed E-state index contributed by atoms with van der Waals surface area (Å²) < 4.78 is 3.05. The molecule has 152 valence electrons. The Balaban J connectivity index is 1.58. The van der Waals surface area contributed by atoms with Crippen molar-refractivity contribution >= 4 is 33.6 Å². The summed E-state index contributed by atoms with van der Waals surface area (Å²) in [5.41, 5.74) is 4.31. The molecule has 0 radical (unpaired) electrons. The number of imidazole rings is 1. The predicted octanol–water partition coefficient (Wildman–Crippen LogP) is 5.16. The van der Waals surface area contributed by atoms with E-state index in [0.29, 0.717) is 33.3 Å². The molecule has 0 aliphatic carbocycles. The number of rotatable bonds is 2. The SMILES string of the molecule is O=C(c1ccc(-c2ccccc2)cc1)n1c2ccccc2n2c(=O)c3ccccc3nc12. The molecule has 32 heavy (non-hydrogen) atoms. The fraction of sp³-hybridized carbons (Fsp3) is 0. The van der Waals surface area contributed by atoms with Crippen LogP contribution in [0.15, 0.2) is 108 Å². The standard InChI is InChI=1S/C27H17N3O2/c31-25(20-16-14-19(15-17-20)18-8-2-1-3-9-18)29-23-12-6-7-13-24(23)30-26(32)21-10-4-5-11-22(21)28-27(29)30/h1-17H. The summed E-state index contributed by atoms with van der Waals surface area (Å²) in [5.74, 6) is 0.0810. The van der Waals surface area contributed by atoms with E-state index in [4.69, 9.17) is 4.98 Å². The predicted molar refractivity (Wildman–Crippen MR) is 126 cm³/mol. The molecule has 0 atom stereocenters. The number of para-hydroxylation sites is 3. The smallest absolute Gasteiger partial charge is 0.267 e. The highest BCUT2D eigenvalue weighted by Gasteiger charge is 2.21. The van der Waals surface area contributed by atoms with Crippen LogP contribution in [0.4, 0.5) is 0 Å². The van der Waals surface area contributed by atoms with Gasteiger partial charge in [-0.3, -0.25) is 9.59 Å². The number of carbonyl (C=O) groups excluding carboxylic acids is 1. The molecule has 5 nitrogen and oxygen atoms in total. The molecule has 0 saturated carbocycles. The Morgan fingerprint density at radius 1 is 0.656 bits per heavy atom. The molecule has 6 rings (SSSR count). The molecule has 0 saturated heterocycles. The first kappa shape index (κ1) is 18.3. The van der Waals surface area contributed by atoms with Gasteiger partial charge >= 0.3 is 0 Å². The minimum absolute atomic E-state index is 0.187. The quantitative estimate of drug-likeness (QED) is 0.393. The summed E-state index contributed by atoms with van der Waals surface area (Å²) in [6.45, 7) is 0. The monoisotopic (exact) mass is 415 g/mol. The molecule has 6 aromatic rings. The average molecular weight is 415 g/mol. The molecule has 0 N–H and O–H groups in total. The third-order valence-electron chi connectivity index (χ3n) is 5.76. The highest BCUT2D eigenvalue weighted by Crippen LogP contribution is 2.24. The van der Waals surface area contributed by atoms with E-state index >= 15 is 0 Å². The molecule has 0 amide bonds. The van der Waals surface area contributed by atoms with Gasteiger partial charge in [0, 0.05) is 5.56 Å². The number of hydrogen-bond donors (Lipinski definition) is 0. The van der Waals surface area contributed by atoms with Gasteiger partial charge in [-0.1, -0.05) is 66.7 Å². The maximum atomic E-state index is 13.6. The Morgan fingerprint density at radius 2 is 1.28 bits per heavy atom. The highest BCUT2D eigenvalue weighted by molar-refractivity contribution is 6.05. The van der Waals surface area contributed by atoms with Gasteiger partial charge in [0.15, 0.2) is 0 Å². The van der Waals surface area contributed by atoms with Gasteiger partial charge < -0.3 is 0 Å². The van der Waals surface area contributed by atoms with Crippen molar-refractivity contribution in [2.24, 2.45) is 0 Å². The Labute approximate surface area is 182 Å². The molecule has 0 unspecified atom stereocenters. The van der Waals surface area contributed by atoms with Crippen LogP contribution in [-0.2, 0) is 0 Å². The van der Waals surface area contributed by atoms with Crippen molar-refractivity contribution in [3.63, 3.8) is 0 Å². The first-order chi connectivity index (χ1) is 15.7. The van der Waals surface area contributed by atoms with Crippen LogP contribution in [0.5, 0.6) is 0 Å². The second-order valence-corrected chi connectivity index (χ2v) is 7.64. The second kappa shape index (κ2) is 7.03. The molecular formula is C27H17N3O2. The fourth-order valence-corrected chi connectivity index (χ4v) is 4.20. The Morgan fingerprint density at radius 3 is 2.06 bits per heavy atom. The zero-order valence-electron chi connectivity index (χ0n) is 17.0. The van der Waals surface area contributed by atoms with Crippen molar-refractivity contribution in [1.29, 1.82) is 0 Å². The fourth-order valence-electron chi connectivity index (χ4n) is 4.20. The van der Waals surface area contributed by atoms with Crippen LogP contribution in [0.1, 0.15) is 10.4 Å². The molecule has 4 aromatic carbocycles. The zero-order chi connectivity index (χ0) is 21.7. The molecule has 0 fully saturated rings. The van der Waals surface area contributed by atoms with E-state index in [1.165, 1.54) is 8.97 Å². The number of fused-ring (bicyclic) bond motifs is 4. The van der Waals surface area contributed by atoms with E-state index in [9.17, 15) is 9.59 Å². The maximum absolute atomic E-state index is 13.6. The van der Waals surface area contributed by atoms with E-state index in [1.807, 2.05) is 91.0 Å². The molecule has 0 aliphatic heterocycles. The van der Waals surface area contributed by atoms with E-state index in [2.05, 4.69) is 0 Å². The van der Waals surface area contributed by atoms with Gasteiger partial charge in [-0.15, -0.1) is 0 Å². The Hall–Kier alpha value is -4.51. The van der Waals surface area contributed by atoms with Crippen LogP contribution in [-0.4, -0.2) is 19.9 Å². The number of carbonyl (C=O) groups is 1. The van der Waals surface area contributed by atoms with Crippen LogP contribution >= 0.6 is 0 Å². The zero-order valence-corrected chi connectivity index (χ0v) is 17.0. The summed E-state index contributed by atoms with van der Waals surface area (Å²) in [6.07, 6.45) is 0. The summed E-state index contributed by atoms with van der Waals surface area (Å²) in [5, 5.41) is 0.521. The van der Waals surface area contributed by atoms with Crippen molar-refractivity contribution in [2.45, 2.75) is 0 Å².